The van der Waals surface area contributed by atoms with Gasteiger partial charge >= 0.3 is 0 Å². The molecular formula is C17H30IN3O2. The molecule has 1 aromatic rings. The molecule has 132 valence electrons. The fraction of sp³-hybridized carbons (Fsp3) is 0.588. The molecule has 0 aromatic heterocycles. The molecule has 6 heteroatoms. The summed E-state index contributed by atoms with van der Waals surface area (Å²) >= 11 is 0. The molecule has 0 saturated carbocycles. The average Bonchev–Trinajstić information content (AvgIpc) is 2.45. The molecule has 0 aliphatic heterocycles. The number of ether oxygens (including phenoxy) is 2. The lowest BCUT2D eigenvalue weighted by Gasteiger charge is -2.17. The van der Waals surface area contributed by atoms with Crippen LogP contribution in [0, 0.1) is 0 Å². The van der Waals surface area contributed by atoms with E-state index in [2.05, 4.69) is 35.5 Å². The van der Waals surface area contributed by atoms with Crippen LogP contribution in [0.3, 0.4) is 0 Å². The van der Waals surface area contributed by atoms with Crippen LogP contribution in [0.25, 0.3) is 0 Å². The van der Waals surface area contributed by atoms with E-state index in [-0.39, 0.29) is 36.1 Å². The van der Waals surface area contributed by atoms with Crippen molar-refractivity contribution < 1.29 is 9.47 Å². The van der Waals surface area contributed by atoms with E-state index in [0.717, 1.165) is 23.8 Å². The number of aliphatic imine (C=N–C) groups is 1. The van der Waals surface area contributed by atoms with Crippen LogP contribution < -0.4 is 15.4 Å². The number of rotatable bonds is 8. The van der Waals surface area contributed by atoms with Gasteiger partial charge in [-0.25, -0.2) is 4.99 Å². The Kier molecular flexibility index (Phi) is 11.9. The van der Waals surface area contributed by atoms with E-state index in [9.17, 15) is 0 Å². The van der Waals surface area contributed by atoms with Crippen molar-refractivity contribution in [3.05, 3.63) is 29.8 Å². The fourth-order valence-corrected chi connectivity index (χ4v) is 2.00. The highest BCUT2D eigenvalue weighted by molar-refractivity contribution is 14.0. The standard InChI is InChI=1S/C17H29N3O2.HI/c1-6-18-17(20-14(4)12-21-5)19-11-15-8-7-9-16(10-15)22-13(2)3;/h7-10,13-14H,6,11-12H2,1-5H3,(H2,18,19,20);1H. The Bertz CT molecular complexity index is 467. The highest BCUT2D eigenvalue weighted by atomic mass is 127. The topological polar surface area (TPSA) is 54.9 Å². The summed E-state index contributed by atoms with van der Waals surface area (Å²) < 4.78 is 10.8. The third kappa shape index (κ3) is 9.65. The Hall–Kier alpha value is -1.02. The molecule has 5 nitrogen and oxygen atoms in total. The highest BCUT2D eigenvalue weighted by Crippen LogP contribution is 2.15. The molecular weight excluding hydrogens is 405 g/mol. The maximum absolute atomic E-state index is 5.71. The van der Waals surface area contributed by atoms with Crippen molar-refractivity contribution in [1.82, 2.24) is 10.6 Å². The number of hydrogen-bond donors (Lipinski definition) is 2. The van der Waals surface area contributed by atoms with Gasteiger partial charge in [0.2, 0.25) is 0 Å². The third-order valence-corrected chi connectivity index (χ3v) is 2.83. The molecule has 0 amide bonds. The first kappa shape index (κ1) is 22.0. The molecule has 0 bridgehead atoms. The van der Waals surface area contributed by atoms with E-state index < -0.39 is 0 Å². The zero-order chi connectivity index (χ0) is 16.4. The van der Waals surface area contributed by atoms with E-state index in [4.69, 9.17) is 9.47 Å². The lowest BCUT2D eigenvalue weighted by atomic mass is 10.2. The van der Waals surface area contributed by atoms with Gasteiger partial charge in [-0.05, 0) is 45.4 Å². The minimum Gasteiger partial charge on any atom is -0.491 e. The number of nitrogens with one attached hydrogen (secondary N) is 2. The Labute approximate surface area is 157 Å². The zero-order valence-electron chi connectivity index (χ0n) is 14.8. The van der Waals surface area contributed by atoms with Gasteiger partial charge in [0, 0.05) is 19.7 Å². The maximum atomic E-state index is 5.71. The van der Waals surface area contributed by atoms with Crippen molar-refractivity contribution in [2.45, 2.75) is 46.4 Å². The van der Waals surface area contributed by atoms with Crippen LogP contribution in [0.1, 0.15) is 33.3 Å². The van der Waals surface area contributed by atoms with Crippen LogP contribution in [-0.4, -0.2) is 38.4 Å². The number of hydrogen-bond acceptors (Lipinski definition) is 3. The summed E-state index contributed by atoms with van der Waals surface area (Å²) in [5, 5.41) is 6.56. The lowest BCUT2D eigenvalue weighted by molar-refractivity contribution is 0.179. The van der Waals surface area contributed by atoms with E-state index in [1.54, 1.807) is 7.11 Å². The van der Waals surface area contributed by atoms with Crippen LogP contribution in [0.15, 0.2) is 29.3 Å². The fourth-order valence-electron chi connectivity index (χ4n) is 2.00. The maximum Gasteiger partial charge on any atom is 0.191 e. The second-order valence-electron chi connectivity index (χ2n) is 5.51. The zero-order valence-corrected chi connectivity index (χ0v) is 17.1. The monoisotopic (exact) mass is 435 g/mol. The minimum atomic E-state index is 0. The summed E-state index contributed by atoms with van der Waals surface area (Å²) in [4.78, 5) is 4.61. The predicted octanol–water partition coefficient (Wildman–Crippen LogP) is 3.18. The van der Waals surface area contributed by atoms with Crippen molar-refractivity contribution in [3.63, 3.8) is 0 Å². The summed E-state index contributed by atoms with van der Waals surface area (Å²) in [5.41, 5.74) is 1.12. The lowest BCUT2D eigenvalue weighted by Crippen LogP contribution is -2.43. The Morgan fingerprint density at radius 3 is 2.61 bits per heavy atom. The first-order valence-electron chi connectivity index (χ1n) is 7.84. The average molecular weight is 435 g/mol. The summed E-state index contributed by atoms with van der Waals surface area (Å²) in [5.74, 6) is 1.68. The largest absolute Gasteiger partial charge is 0.491 e. The molecule has 1 aromatic carbocycles. The van der Waals surface area contributed by atoms with Gasteiger partial charge < -0.3 is 20.1 Å². The molecule has 23 heavy (non-hydrogen) atoms. The van der Waals surface area contributed by atoms with Crippen molar-refractivity contribution in [2.24, 2.45) is 4.99 Å². The third-order valence-electron chi connectivity index (χ3n) is 2.83. The van der Waals surface area contributed by atoms with Gasteiger partial charge in [-0.1, -0.05) is 12.1 Å². The van der Waals surface area contributed by atoms with E-state index in [0.29, 0.717) is 13.2 Å². The molecule has 0 aliphatic carbocycles. The molecule has 0 heterocycles. The van der Waals surface area contributed by atoms with Gasteiger partial charge in [-0.15, -0.1) is 24.0 Å². The first-order chi connectivity index (χ1) is 10.5. The van der Waals surface area contributed by atoms with Gasteiger partial charge in [0.25, 0.3) is 0 Å². The van der Waals surface area contributed by atoms with Gasteiger partial charge in [0.05, 0.1) is 19.3 Å². The number of benzene rings is 1. The summed E-state index contributed by atoms with van der Waals surface area (Å²) in [6.45, 7) is 10.2. The van der Waals surface area contributed by atoms with Crippen molar-refractivity contribution in [1.29, 1.82) is 0 Å². The molecule has 0 radical (unpaired) electrons. The molecule has 1 unspecified atom stereocenters. The van der Waals surface area contributed by atoms with Crippen molar-refractivity contribution in [2.75, 3.05) is 20.3 Å². The quantitative estimate of drug-likeness (QED) is 0.374. The van der Waals surface area contributed by atoms with Gasteiger partial charge in [-0.2, -0.15) is 0 Å². The van der Waals surface area contributed by atoms with Gasteiger partial charge in [0.15, 0.2) is 5.96 Å². The Balaban J connectivity index is 0.00000484. The van der Waals surface area contributed by atoms with Gasteiger partial charge in [0.1, 0.15) is 5.75 Å². The smallest absolute Gasteiger partial charge is 0.191 e. The van der Waals surface area contributed by atoms with Gasteiger partial charge in [-0.3, -0.25) is 0 Å². The molecule has 0 aliphatic rings. The SMILES string of the molecule is CCNC(=NCc1cccc(OC(C)C)c1)NC(C)COC.I. The number of halogens is 1. The van der Waals surface area contributed by atoms with Crippen molar-refractivity contribution >= 4 is 29.9 Å². The molecule has 0 saturated heterocycles. The van der Waals surface area contributed by atoms with Crippen molar-refractivity contribution in [3.8, 4) is 5.75 Å². The van der Waals surface area contributed by atoms with E-state index in [1.807, 2.05) is 32.0 Å². The number of methoxy groups -OCH3 is 1. The molecule has 0 spiro atoms. The molecule has 0 fully saturated rings. The number of nitrogens with zero attached hydrogens (tertiary/aromatic N) is 1. The Morgan fingerprint density at radius 2 is 2.00 bits per heavy atom. The molecule has 1 rings (SSSR count). The van der Waals surface area contributed by atoms with Crippen LogP contribution in [-0.2, 0) is 11.3 Å². The summed E-state index contributed by atoms with van der Waals surface area (Å²) in [6, 6.07) is 8.26. The second-order valence-corrected chi connectivity index (χ2v) is 5.51. The first-order valence-corrected chi connectivity index (χ1v) is 7.84. The van der Waals surface area contributed by atoms with Crippen LogP contribution in [0.4, 0.5) is 0 Å². The normalized spacial score (nSPS) is 12.5. The second kappa shape index (κ2) is 12.4. The van der Waals surface area contributed by atoms with Crippen LogP contribution >= 0.6 is 24.0 Å². The number of guanidine groups is 1. The van der Waals surface area contributed by atoms with Crippen LogP contribution in [0.2, 0.25) is 0 Å². The summed E-state index contributed by atoms with van der Waals surface area (Å²) in [6.07, 6.45) is 0.174. The van der Waals surface area contributed by atoms with Crippen LogP contribution in [0.5, 0.6) is 5.75 Å². The highest BCUT2D eigenvalue weighted by Gasteiger charge is 2.05. The minimum absolute atomic E-state index is 0. The van der Waals surface area contributed by atoms with E-state index in [1.165, 1.54) is 0 Å². The van der Waals surface area contributed by atoms with E-state index >= 15 is 0 Å². The predicted molar refractivity (Wildman–Crippen MR) is 107 cm³/mol. The molecule has 1 atom stereocenters. The Morgan fingerprint density at radius 1 is 1.26 bits per heavy atom. The summed E-state index contributed by atoms with van der Waals surface area (Å²) in [7, 11) is 1.70. The molecule has 2 N–H and O–H groups in total.